The molecule has 2 N–H and O–H groups in total. The zero-order valence-electron chi connectivity index (χ0n) is 25.1. The number of fused-ring (bicyclic) bond motifs is 1. The molecule has 0 fully saturated rings. The van der Waals surface area contributed by atoms with Gasteiger partial charge >= 0.3 is 12.1 Å². The fraction of sp³-hybridized carbons (Fsp3) is 0.500. The molecule has 234 valence electrons. The summed E-state index contributed by atoms with van der Waals surface area (Å²) in [6, 6.07) is 8.61. The summed E-state index contributed by atoms with van der Waals surface area (Å²) in [5.41, 5.74) is 4.58. The molecule has 0 saturated carbocycles. The lowest BCUT2D eigenvalue weighted by molar-refractivity contribution is -0.156. The Hall–Kier alpha value is -3.73. The molecule has 2 aromatic heterocycles. The third kappa shape index (κ3) is 9.91. The Balaban J connectivity index is 0.000000326. The first-order valence-corrected chi connectivity index (χ1v) is 14.8. The highest BCUT2D eigenvalue weighted by molar-refractivity contribution is 5.96. The predicted octanol–water partition coefficient (Wildman–Crippen LogP) is 7.59. The molecule has 0 unspecified atom stereocenters. The van der Waals surface area contributed by atoms with Gasteiger partial charge in [0, 0.05) is 43.7 Å². The van der Waals surface area contributed by atoms with Crippen LogP contribution in [0.25, 0.3) is 11.1 Å². The summed E-state index contributed by atoms with van der Waals surface area (Å²) in [6.45, 7) is 5.33. The van der Waals surface area contributed by atoms with Gasteiger partial charge in [0.2, 0.25) is 5.91 Å². The van der Waals surface area contributed by atoms with Crippen molar-refractivity contribution >= 4 is 17.6 Å². The summed E-state index contributed by atoms with van der Waals surface area (Å²) in [5.74, 6) is -3.08. The summed E-state index contributed by atoms with van der Waals surface area (Å²) < 4.78 is 39.9. The molecule has 0 radical (unpaired) electrons. The van der Waals surface area contributed by atoms with Crippen molar-refractivity contribution in [3.8, 4) is 11.1 Å². The lowest BCUT2D eigenvalue weighted by Gasteiger charge is -2.26. The van der Waals surface area contributed by atoms with Gasteiger partial charge in [-0.15, -0.1) is 0 Å². The fourth-order valence-corrected chi connectivity index (χ4v) is 5.01. The van der Waals surface area contributed by atoms with E-state index in [4.69, 9.17) is 5.11 Å². The van der Waals surface area contributed by atoms with Crippen LogP contribution in [0.15, 0.2) is 41.2 Å². The van der Waals surface area contributed by atoms with Crippen molar-refractivity contribution in [2.45, 2.75) is 90.8 Å². The molecule has 3 aromatic rings. The van der Waals surface area contributed by atoms with Crippen LogP contribution in [-0.4, -0.2) is 40.7 Å². The van der Waals surface area contributed by atoms with Crippen LogP contribution in [0.1, 0.15) is 97.7 Å². The molecule has 1 amide bonds. The SMILES string of the molecule is CCCCCCCCCCNCc1cncc(-c2ccc3c(c2)CCC(=O)N3C)c1.Cc1noc(C(F)(F)F)c1C(=O)O. The van der Waals surface area contributed by atoms with E-state index >= 15 is 0 Å². The molecule has 1 aliphatic rings. The Morgan fingerprint density at radius 2 is 1.72 bits per heavy atom. The van der Waals surface area contributed by atoms with E-state index in [9.17, 15) is 22.8 Å². The number of carboxylic acid groups (broad SMARTS) is 1. The van der Waals surface area contributed by atoms with E-state index in [1.165, 1.54) is 68.1 Å². The molecule has 0 bridgehead atoms. The number of alkyl halides is 3. The van der Waals surface area contributed by atoms with Crippen LogP contribution < -0.4 is 10.2 Å². The van der Waals surface area contributed by atoms with Gasteiger partial charge in [-0.1, -0.05) is 63.1 Å². The minimum Gasteiger partial charge on any atom is -0.477 e. The standard InChI is InChI=1S/C26H37N3O.C6H4F3NO3/c1-3-4-5-6-7-8-9-10-15-27-18-21-16-24(20-28-19-21)22-11-13-25-23(17-22)12-14-26(30)29(25)2;1-2-3(5(11)12)4(13-10-2)6(7,8)9/h11,13,16-17,19-20,27H,3-10,12,14-15,18H2,1-2H3;1H3,(H,11,12). The van der Waals surface area contributed by atoms with Crippen molar-refractivity contribution < 1.29 is 32.4 Å². The van der Waals surface area contributed by atoms with Gasteiger partial charge in [-0.3, -0.25) is 9.78 Å². The number of halogens is 3. The number of pyridine rings is 1. The third-order valence-electron chi connectivity index (χ3n) is 7.42. The maximum atomic E-state index is 12.0. The number of nitrogens with zero attached hydrogens (tertiary/aromatic N) is 3. The molecule has 3 heterocycles. The van der Waals surface area contributed by atoms with Crippen molar-refractivity contribution in [3.63, 3.8) is 0 Å². The number of benzene rings is 1. The van der Waals surface area contributed by atoms with Gasteiger partial charge in [0.25, 0.3) is 5.76 Å². The van der Waals surface area contributed by atoms with E-state index in [1.807, 2.05) is 19.4 Å². The van der Waals surface area contributed by atoms with Crippen molar-refractivity contribution in [2.75, 3.05) is 18.5 Å². The second-order valence-corrected chi connectivity index (χ2v) is 10.8. The van der Waals surface area contributed by atoms with Crippen LogP contribution >= 0.6 is 0 Å². The van der Waals surface area contributed by atoms with E-state index in [2.05, 4.69) is 51.2 Å². The number of amides is 1. The van der Waals surface area contributed by atoms with Gasteiger partial charge < -0.3 is 19.8 Å². The zero-order chi connectivity index (χ0) is 31.4. The summed E-state index contributed by atoms with van der Waals surface area (Å²) >= 11 is 0. The lowest BCUT2D eigenvalue weighted by Crippen LogP contribution is -2.30. The van der Waals surface area contributed by atoms with E-state index in [0.717, 1.165) is 37.7 Å². The number of carboxylic acids is 1. The molecule has 1 aliphatic heterocycles. The zero-order valence-corrected chi connectivity index (χ0v) is 25.1. The van der Waals surface area contributed by atoms with Gasteiger partial charge in [0.15, 0.2) is 0 Å². The van der Waals surface area contributed by atoms with Crippen molar-refractivity contribution in [2.24, 2.45) is 0 Å². The summed E-state index contributed by atoms with van der Waals surface area (Å²) in [6.07, 6.45) is 11.3. The molecular formula is C32H41F3N4O4. The van der Waals surface area contributed by atoms with Crippen LogP contribution in [0.4, 0.5) is 18.9 Å². The van der Waals surface area contributed by atoms with E-state index in [-0.39, 0.29) is 11.6 Å². The Bertz CT molecular complexity index is 1360. The molecule has 4 rings (SSSR count). The topological polar surface area (TPSA) is 109 Å². The highest BCUT2D eigenvalue weighted by atomic mass is 19.4. The molecule has 8 nitrogen and oxygen atoms in total. The van der Waals surface area contributed by atoms with Gasteiger partial charge in [-0.2, -0.15) is 13.2 Å². The molecule has 0 aliphatic carbocycles. The number of aromatic nitrogens is 2. The monoisotopic (exact) mass is 602 g/mol. The summed E-state index contributed by atoms with van der Waals surface area (Å²) in [4.78, 5) is 28.5. The van der Waals surface area contributed by atoms with Gasteiger partial charge in [0.1, 0.15) is 5.56 Å². The van der Waals surface area contributed by atoms with Gasteiger partial charge in [0.05, 0.1) is 5.69 Å². The molecule has 0 saturated heterocycles. The molecule has 11 heteroatoms. The highest BCUT2D eigenvalue weighted by Gasteiger charge is 2.42. The van der Waals surface area contributed by atoms with E-state index < -0.39 is 23.5 Å². The maximum absolute atomic E-state index is 12.0. The maximum Gasteiger partial charge on any atom is 0.453 e. The third-order valence-corrected chi connectivity index (χ3v) is 7.42. The number of rotatable bonds is 13. The Kier molecular flexibility index (Phi) is 12.7. The van der Waals surface area contributed by atoms with Crippen LogP contribution in [0.2, 0.25) is 0 Å². The Morgan fingerprint density at radius 1 is 1.02 bits per heavy atom. The van der Waals surface area contributed by atoms with Crippen LogP contribution in [0.5, 0.6) is 0 Å². The van der Waals surface area contributed by atoms with Crippen molar-refractivity contribution in [3.05, 3.63) is 64.8 Å². The number of anilines is 1. The second kappa shape index (κ2) is 16.2. The molecule has 43 heavy (non-hydrogen) atoms. The molecule has 1 aromatic carbocycles. The summed E-state index contributed by atoms with van der Waals surface area (Å²) in [7, 11) is 1.86. The predicted molar refractivity (Wildman–Crippen MR) is 159 cm³/mol. The number of hydrogen-bond acceptors (Lipinski definition) is 6. The number of hydrogen-bond donors (Lipinski definition) is 2. The van der Waals surface area contributed by atoms with Crippen LogP contribution in [0.3, 0.4) is 0 Å². The van der Waals surface area contributed by atoms with Gasteiger partial charge in [-0.05, 0) is 61.2 Å². The number of nitrogens with one attached hydrogen (secondary N) is 1. The van der Waals surface area contributed by atoms with E-state index in [1.54, 1.807) is 4.90 Å². The average molecular weight is 603 g/mol. The van der Waals surface area contributed by atoms with Crippen molar-refractivity contribution in [1.29, 1.82) is 0 Å². The van der Waals surface area contributed by atoms with Crippen LogP contribution in [0, 0.1) is 6.92 Å². The molecule has 0 atom stereocenters. The number of aromatic carboxylic acids is 1. The van der Waals surface area contributed by atoms with Crippen molar-refractivity contribution in [1.82, 2.24) is 15.5 Å². The minimum atomic E-state index is -4.82. The Labute approximate surface area is 250 Å². The molecule has 0 spiro atoms. The van der Waals surface area contributed by atoms with Gasteiger partial charge in [-0.25, -0.2) is 4.79 Å². The number of aryl methyl sites for hydroxylation is 2. The lowest BCUT2D eigenvalue weighted by atomic mass is 9.96. The number of carbonyl (C=O) groups excluding carboxylic acids is 1. The van der Waals surface area contributed by atoms with E-state index in [0.29, 0.717) is 6.42 Å². The fourth-order valence-electron chi connectivity index (χ4n) is 5.01. The highest BCUT2D eigenvalue weighted by Crippen LogP contribution is 2.33. The Morgan fingerprint density at radius 3 is 2.37 bits per heavy atom. The first kappa shape index (κ1) is 33.8. The quantitative estimate of drug-likeness (QED) is 0.194. The number of carbonyl (C=O) groups is 2. The smallest absolute Gasteiger partial charge is 0.453 e. The second-order valence-electron chi connectivity index (χ2n) is 10.8. The summed E-state index contributed by atoms with van der Waals surface area (Å²) in [5, 5.41) is 14.9. The average Bonchev–Trinajstić information content (AvgIpc) is 3.39. The normalized spacial score (nSPS) is 13.0. The first-order valence-electron chi connectivity index (χ1n) is 14.8. The number of unbranched alkanes of at least 4 members (excludes halogenated alkanes) is 7. The largest absolute Gasteiger partial charge is 0.477 e. The van der Waals surface area contributed by atoms with Crippen LogP contribution in [-0.2, 0) is 23.9 Å². The minimum absolute atomic E-state index is 0.196. The molecular weight excluding hydrogens is 561 g/mol. The first-order chi connectivity index (χ1) is 20.5.